The molecule has 1 N–H and O–H groups in total. The maximum absolute atomic E-state index is 11.4. The number of amides is 1. The second kappa shape index (κ2) is 6.79. The van der Waals surface area contributed by atoms with Crippen LogP contribution >= 0.6 is 11.3 Å². The van der Waals surface area contributed by atoms with E-state index < -0.39 is 0 Å². The summed E-state index contributed by atoms with van der Waals surface area (Å²) in [5.74, 6) is -0.502. The normalized spacial score (nSPS) is 9.50. The van der Waals surface area contributed by atoms with Crippen LogP contribution in [0.1, 0.15) is 16.1 Å². The maximum atomic E-state index is 11.4. The molecule has 0 atom stereocenters. The minimum Gasteiger partial charge on any atom is -0.461 e. The highest BCUT2D eigenvalue weighted by atomic mass is 32.1. The van der Waals surface area contributed by atoms with Crippen molar-refractivity contribution < 1.29 is 14.3 Å². The minimum atomic E-state index is -0.341. The van der Waals surface area contributed by atoms with Gasteiger partial charge in [0, 0.05) is 6.54 Å². The zero-order valence-electron chi connectivity index (χ0n) is 8.77. The number of rotatable bonds is 6. The van der Waals surface area contributed by atoms with E-state index in [-0.39, 0.29) is 31.4 Å². The van der Waals surface area contributed by atoms with Crippen molar-refractivity contribution in [2.75, 3.05) is 13.2 Å². The Hall–Kier alpha value is -1.62. The number of carbonyl (C=O) groups is 2. The van der Waals surface area contributed by atoms with Crippen molar-refractivity contribution in [3.63, 3.8) is 0 Å². The molecule has 16 heavy (non-hydrogen) atoms. The number of esters is 1. The Labute approximate surface area is 97.9 Å². The molecule has 5 heteroatoms. The summed E-state index contributed by atoms with van der Waals surface area (Å²) in [6.07, 6.45) is 1.67. The summed E-state index contributed by atoms with van der Waals surface area (Å²) in [7, 11) is 0. The standard InChI is InChI=1S/C11H13NO3S/c1-2-7-15-10(13)5-6-12-11(14)9-4-3-8-16-9/h2-4,8H,1,5-7H2,(H,12,14). The average molecular weight is 239 g/mol. The number of nitrogens with one attached hydrogen (secondary N) is 1. The van der Waals surface area contributed by atoms with Crippen LogP contribution in [0.2, 0.25) is 0 Å². The van der Waals surface area contributed by atoms with Crippen molar-refractivity contribution >= 4 is 23.2 Å². The first kappa shape index (κ1) is 12.4. The molecule has 0 spiro atoms. The van der Waals surface area contributed by atoms with Crippen LogP contribution in [0.5, 0.6) is 0 Å². The number of hydrogen-bond donors (Lipinski definition) is 1. The predicted molar refractivity (Wildman–Crippen MR) is 62.4 cm³/mol. The van der Waals surface area contributed by atoms with Gasteiger partial charge in [0.25, 0.3) is 5.91 Å². The van der Waals surface area contributed by atoms with E-state index in [2.05, 4.69) is 11.9 Å². The maximum Gasteiger partial charge on any atom is 0.307 e. The fraction of sp³-hybridized carbons (Fsp3) is 0.273. The van der Waals surface area contributed by atoms with Crippen molar-refractivity contribution in [3.05, 3.63) is 35.0 Å². The highest BCUT2D eigenvalue weighted by Crippen LogP contribution is 2.07. The molecule has 1 amide bonds. The largest absolute Gasteiger partial charge is 0.461 e. The lowest BCUT2D eigenvalue weighted by Gasteiger charge is -2.03. The summed E-state index contributed by atoms with van der Waals surface area (Å²) in [5, 5.41) is 4.46. The molecule has 1 aromatic heterocycles. The molecule has 1 heterocycles. The lowest BCUT2D eigenvalue weighted by Crippen LogP contribution is -2.25. The summed E-state index contributed by atoms with van der Waals surface area (Å²) in [5.41, 5.74) is 0. The van der Waals surface area contributed by atoms with Gasteiger partial charge in [0.2, 0.25) is 0 Å². The molecule has 0 saturated carbocycles. The number of hydrogen-bond acceptors (Lipinski definition) is 4. The molecular formula is C11H13NO3S. The first-order chi connectivity index (χ1) is 7.74. The van der Waals surface area contributed by atoms with E-state index in [1.165, 1.54) is 17.4 Å². The van der Waals surface area contributed by atoms with Gasteiger partial charge in [0.1, 0.15) is 6.61 Å². The molecule has 4 nitrogen and oxygen atoms in total. The molecule has 1 aromatic rings. The molecule has 0 fully saturated rings. The highest BCUT2D eigenvalue weighted by molar-refractivity contribution is 7.12. The van der Waals surface area contributed by atoms with Crippen LogP contribution in [-0.4, -0.2) is 25.0 Å². The summed E-state index contributed by atoms with van der Waals surface area (Å²) in [6, 6.07) is 3.54. The molecule has 0 aliphatic rings. The second-order valence-corrected chi connectivity index (χ2v) is 3.90. The Bertz CT molecular complexity index is 359. The molecule has 86 valence electrons. The Morgan fingerprint density at radius 2 is 2.38 bits per heavy atom. The van der Waals surface area contributed by atoms with Crippen LogP contribution < -0.4 is 5.32 Å². The minimum absolute atomic E-state index is 0.161. The number of ether oxygens (including phenoxy) is 1. The Morgan fingerprint density at radius 1 is 1.56 bits per heavy atom. The van der Waals surface area contributed by atoms with Gasteiger partial charge in [-0.2, -0.15) is 0 Å². The fourth-order valence-electron chi connectivity index (χ4n) is 0.997. The van der Waals surface area contributed by atoms with Gasteiger partial charge in [0.05, 0.1) is 11.3 Å². The summed E-state index contributed by atoms with van der Waals surface area (Å²) >= 11 is 1.36. The third kappa shape index (κ3) is 4.27. The Morgan fingerprint density at radius 3 is 3.00 bits per heavy atom. The van der Waals surface area contributed by atoms with Crippen LogP contribution in [0.3, 0.4) is 0 Å². The predicted octanol–water partition coefficient (Wildman–Crippen LogP) is 1.60. The van der Waals surface area contributed by atoms with E-state index in [0.29, 0.717) is 4.88 Å². The second-order valence-electron chi connectivity index (χ2n) is 2.95. The molecule has 1 rings (SSSR count). The van der Waals surface area contributed by atoms with Crippen molar-refractivity contribution in [1.29, 1.82) is 0 Å². The third-order valence-corrected chi connectivity index (χ3v) is 2.59. The number of thiophene rings is 1. The molecule has 0 aliphatic carbocycles. The molecule has 0 aromatic carbocycles. The highest BCUT2D eigenvalue weighted by Gasteiger charge is 2.07. The van der Waals surface area contributed by atoms with E-state index in [1.807, 2.05) is 5.38 Å². The monoisotopic (exact) mass is 239 g/mol. The van der Waals surface area contributed by atoms with Gasteiger partial charge < -0.3 is 10.1 Å². The zero-order chi connectivity index (χ0) is 11.8. The summed E-state index contributed by atoms with van der Waals surface area (Å²) in [6.45, 7) is 3.92. The fourth-order valence-corrected chi connectivity index (χ4v) is 1.64. The first-order valence-electron chi connectivity index (χ1n) is 4.82. The summed E-state index contributed by atoms with van der Waals surface area (Å²) in [4.78, 5) is 23.1. The van der Waals surface area contributed by atoms with E-state index in [4.69, 9.17) is 4.74 Å². The lowest BCUT2D eigenvalue weighted by atomic mass is 10.4. The smallest absolute Gasteiger partial charge is 0.307 e. The van der Waals surface area contributed by atoms with Crippen LogP contribution in [0.4, 0.5) is 0 Å². The van der Waals surface area contributed by atoms with Crippen molar-refractivity contribution in [2.24, 2.45) is 0 Å². The van der Waals surface area contributed by atoms with Gasteiger partial charge in [-0.3, -0.25) is 9.59 Å². The lowest BCUT2D eigenvalue weighted by molar-refractivity contribution is -0.142. The van der Waals surface area contributed by atoms with Crippen LogP contribution in [0.15, 0.2) is 30.2 Å². The van der Waals surface area contributed by atoms with Crippen LogP contribution in [-0.2, 0) is 9.53 Å². The Balaban J connectivity index is 2.18. The van der Waals surface area contributed by atoms with Crippen molar-refractivity contribution in [3.8, 4) is 0 Å². The number of carbonyl (C=O) groups excluding carboxylic acids is 2. The van der Waals surface area contributed by atoms with E-state index in [9.17, 15) is 9.59 Å². The first-order valence-corrected chi connectivity index (χ1v) is 5.70. The van der Waals surface area contributed by atoms with Gasteiger partial charge in [0.15, 0.2) is 0 Å². The SMILES string of the molecule is C=CCOC(=O)CCNC(=O)c1cccs1. The van der Waals surface area contributed by atoms with Gasteiger partial charge in [-0.25, -0.2) is 0 Å². The van der Waals surface area contributed by atoms with E-state index in [0.717, 1.165) is 0 Å². The van der Waals surface area contributed by atoms with Crippen molar-refractivity contribution in [1.82, 2.24) is 5.32 Å². The molecule has 0 bridgehead atoms. The van der Waals surface area contributed by atoms with E-state index >= 15 is 0 Å². The zero-order valence-corrected chi connectivity index (χ0v) is 9.59. The molecule has 0 radical (unpaired) electrons. The average Bonchev–Trinajstić information content (AvgIpc) is 2.79. The van der Waals surface area contributed by atoms with Gasteiger partial charge in [-0.15, -0.1) is 11.3 Å². The topological polar surface area (TPSA) is 55.4 Å². The quantitative estimate of drug-likeness (QED) is 0.606. The van der Waals surface area contributed by atoms with Gasteiger partial charge in [-0.05, 0) is 11.4 Å². The summed E-state index contributed by atoms with van der Waals surface area (Å²) < 4.78 is 4.76. The molecule has 0 aliphatic heterocycles. The van der Waals surface area contributed by atoms with Gasteiger partial charge in [-0.1, -0.05) is 18.7 Å². The molecule has 0 unspecified atom stereocenters. The van der Waals surface area contributed by atoms with Crippen LogP contribution in [0, 0.1) is 0 Å². The van der Waals surface area contributed by atoms with Gasteiger partial charge >= 0.3 is 5.97 Å². The van der Waals surface area contributed by atoms with Crippen molar-refractivity contribution in [2.45, 2.75) is 6.42 Å². The Kier molecular flexibility index (Phi) is 5.28. The molecule has 0 saturated heterocycles. The molecular weight excluding hydrogens is 226 g/mol. The third-order valence-electron chi connectivity index (χ3n) is 1.72. The van der Waals surface area contributed by atoms with E-state index in [1.54, 1.807) is 12.1 Å². The van der Waals surface area contributed by atoms with Crippen LogP contribution in [0.25, 0.3) is 0 Å².